The molecule has 1 fully saturated rings. The van der Waals surface area contributed by atoms with Crippen molar-refractivity contribution in [1.29, 1.82) is 0 Å². The summed E-state index contributed by atoms with van der Waals surface area (Å²) >= 11 is 0. The highest BCUT2D eigenvalue weighted by atomic mass is 15.2. The summed E-state index contributed by atoms with van der Waals surface area (Å²) in [6.45, 7) is 5.20. The van der Waals surface area contributed by atoms with Gasteiger partial charge in [-0.3, -0.25) is 4.90 Å². The second-order valence-electron chi connectivity index (χ2n) is 6.56. The number of para-hydroxylation sites is 1. The predicted molar refractivity (Wildman–Crippen MR) is 92.3 cm³/mol. The maximum absolute atomic E-state index is 4.61. The van der Waals surface area contributed by atoms with Crippen LogP contribution < -0.4 is 0 Å². The zero-order valence-electron chi connectivity index (χ0n) is 13.7. The van der Waals surface area contributed by atoms with Crippen LogP contribution in [-0.4, -0.2) is 32.5 Å². The molecule has 3 aromatic rings. The third kappa shape index (κ3) is 2.75. The number of fused-ring (bicyclic) bond motifs is 1. The SMILES string of the molecule is Cc1ccnc([C@@H]2CCN(Cc3cn(C)c4ccccc34)C2)n1. The lowest BCUT2D eigenvalue weighted by molar-refractivity contribution is 0.326. The largest absolute Gasteiger partial charge is 0.350 e. The lowest BCUT2D eigenvalue weighted by atomic mass is 10.1. The maximum atomic E-state index is 4.61. The molecule has 1 aromatic carbocycles. The minimum absolute atomic E-state index is 0.463. The van der Waals surface area contributed by atoms with Gasteiger partial charge in [0.2, 0.25) is 0 Å². The topological polar surface area (TPSA) is 34.0 Å². The highest BCUT2D eigenvalue weighted by molar-refractivity contribution is 5.83. The van der Waals surface area contributed by atoms with Gasteiger partial charge >= 0.3 is 0 Å². The molecule has 23 heavy (non-hydrogen) atoms. The molecule has 1 aliphatic rings. The summed E-state index contributed by atoms with van der Waals surface area (Å²) in [5.41, 5.74) is 3.77. The second kappa shape index (κ2) is 5.78. The molecule has 4 rings (SSSR count). The van der Waals surface area contributed by atoms with E-state index in [-0.39, 0.29) is 0 Å². The first-order valence-corrected chi connectivity index (χ1v) is 8.25. The first kappa shape index (κ1) is 14.4. The molecular weight excluding hydrogens is 284 g/mol. The Balaban J connectivity index is 1.52. The van der Waals surface area contributed by atoms with Crippen molar-refractivity contribution in [2.24, 2.45) is 7.05 Å². The summed E-state index contributed by atoms with van der Waals surface area (Å²) in [6, 6.07) is 10.6. The van der Waals surface area contributed by atoms with Crippen molar-refractivity contribution in [3.63, 3.8) is 0 Å². The van der Waals surface area contributed by atoms with Gasteiger partial charge in [-0.15, -0.1) is 0 Å². The molecule has 0 unspecified atom stereocenters. The first-order valence-electron chi connectivity index (χ1n) is 8.25. The summed E-state index contributed by atoms with van der Waals surface area (Å²) in [5, 5.41) is 1.37. The number of nitrogens with zero attached hydrogens (tertiary/aromatic N) is 4. The van der Waals surface area contributed by atoms with Gasteiger partial charge in [-0.25, -0.2) is 9.97 Å². The van der Waals surface area contributed by atoms with E-state index in [2.05, 4.69) is 56.9 Å². The van der Waals surface area contributed by atoms with Gasteiger partial charge in [0.15, 0.2) is 0 Å². The smallest absolute Gasteiger partial charge is 0.132 e. The molecule has 1 saturated heterocycles. The van der Waals surface area contributed by atoms with Gasteiger partial charge in [-0.1, -0.05) is 18.2 Å². The Labute approximate surface area is 136 Å². The van der Waals surface area contributed by atoms with Crippen LogP contribution in [0.3, 0.4) is 0 Å². The van der Waals surface area contributed by atoms with Gasteiger partial charge in [0.1, 0.15) is 5.82 Å². The van der Waals surface area contributed by atoms with E-state index in [0.717, 1.165) is 37.6 Å². The van der Waals surface area contributed by atoms with E-state index >= 15 is 0 Å². The van der Waals surface area contributed by atoms with E-state index in [1.807, 2.05) is 19.2 Å². The summed E-state index contributed by atoms with van der Waals surface area (Å²) < 4.78 is 2.22. The van der Waals surface area contributed by atoms with E-state index < -0.39 is 0 Å². The highest BCUT2D eigenvalue weighted by Crippen LogP contribution is 2.28. The number of likely N-dealkylation sites (tertiary alicyclic amines) is 1. The lowest BCUT2D eigenvalue weighted by Crippen LogP contribution is -2.20. The zero-order valence-corrected chi connectivity index (χ0v) is 13.7. The van der Waals surface area contributed by atoms with E-state index in [1.54, 1.807) is 0 Å². The molecule has 0 radical (unpaired) electrons. The van der Waals surface area contributed by atoms with Crippen molar-refractivity contribution >= 4 is 10.9 Å². The Morgan fingerprint density at radius 3 is 2.96 bits per heavy atom. The van der Waals surface area contributed by atoms with Gasteiger partial charge < -0.3 is 4.57 Å². The van der Waals surface area contributed by atoms with Crippen LogP contribution in [0.1, 0.15) is 29.4 Å². The molecule has 0 aliphatic carbocycles. The quantitative estimate of drug-likeness (QED) is 0.745. The molecule has 3 heterocycles. The monoisotopic (exact) mass is 306 g/mol. The van der Waals surface area contributed by atoms with Crippen LogP contribution in [-0.2, 0) is 13.6 Å². The fraction of sp³-hybridized carbons (Fsp3) is 0.368. The molecule has 2 aromatic heterocycles. The minimum Gasteiger partial charge on any atom is -0.350 e. The fourth-order valence-corrected chi connectivity index (χ4v) is 3.64. The average Bonchev–Trinajstić information content (AvgIpc) is 3.14. The Morgan fingerprint density at radius 2 is 2.09 bits per heavy atom. The van der Waals surface area contributed by atoms with Crippen molar-refractivity contribution in [3.05, 3.63) is 59.8 Å². The molecule has 0 N–H and O–H groups in total. The summed E-state index contributed by atoms with van der Waals surface area (Å²) in [5.74, 6) is 1.47. The molecular formula is C19H22N4. The molecule has 0 bridgehead atoms. The standard InChI is InChI=1S/C19H22N4/c1-14-7-9-20-19(21-14)15-8-10-23(12-15)13-16-11-22(2)18-6-4-3-5-17(16)18/h3-7,9,11,15H,8,10,12-13H2,1-2H3/t15-/m1/s1. The van der Waals surface area contributed by atoms with Crippen LogP contribution in [0.5, 0.6) is 0 Å². The van der Waals surface area contributed by atoms with Crippen molar-refractivity contribution < 1.29 is 0 Å². The van der Waals surface area contributed by atoms with E-state index in [0.29, 0.717) is 5.92 Å². The van der Waals surface area contributed by atoms with Crippen molar-refractivity contribution in [1.82, 2.24) is 19.4 Å². The first-order chi connectivity index (χ1) is 11.2. The number of aromatic nitrogens is 3. The van der Waals surface area contributed by atoms with Crippen LogP contribution in [0.15, 0.2) is 42.7 Å². The van der Waals surface area contributed by atoms with Crippen molar-refractivity contribution in [2.45, 2.75) is 25.8 Å². The molecule has 1 aliphatic heterocycles. The van der Waals surface area contributed by atoms with Gasteiger partial charge in [-0.2, -0.15) is 0 Å². The molecule has 1 atom stereocenters. The zero-order chi connectivity index (χ0) is 15.8. The average molecular weight is 306 g/mol. The normalized spacial score (nSPS) is 18.8. The molecule has 0 saturated carbocycles. The van der Waals surface area contributed by atoms with Crippen molar-refractivity contribution in [3.8, 4) is 0 Å². The van der Waals surface area contributed by atoms with Crippen LogP contribution >= 0.6 is 0 Å². The number of hydrogen-bond acceptors (Lipinski definition) is 3. The molecule has 118 valence electrons. The molecule has 4 nitrogen and oxygen atoms in total. The van der Waals surface area contributed by atoms with Crippen LogP contribution in [0.2, 0.25) is 0 Å². The third-order valence-electron chi connectivity index (χ3n) is 4.82. The Hall–Kier alpha value is -2.20. The van der Waals surface area contributed by atoms with E-state index in [1.165, 1.54) is 16.5 Å². The van der Waals surface area contributed by atoms with Crippen LogP contribution in [0, 0.1) is 6.92 Å². The maximum Gasteiger partial charge on any atom is 0.132 e. The number of benzene rings is 1. The lowest BCUT2D eigenvalue weighted by Gasteiger charge is -2.15. The summed E-state index contributed by atoms with van der Waals surface area (Å²) in [7, 11) is 2.12. The fourth-order valence-electron chi connectivity index (χ4n) is 3.64. The number of hydrogen-bond donors (Lipinski definition) is 0. The Bertz CT molecular complexity index is 836. The summed E-state index contributed by atoms with van der Waals surface area (Å²) in [4.78, 5) is 11.6. The Kier molecular flexibility index (Phi) is 3.62. The second-order valence-corrected chi connectivity index (χ2v) is 6.56. The van der Waals surface area contributed by atoms with Gasteiger partial charge in [-0.05, 0) is 37.6 Å². The summed E-state index contributed by atoms with van der Waals surface area (Å²) in [6.07, 6.45) is 5.29. The van der Waals surface area contributed by atoms with Crippen LogP contribution in [0.4, 0.5) is 0 Å². The van der Waals surface area contributed by atoms with Gasteiger partial charge in [0.25, 0.3) is 0 Å². The molecule has 0 amide bonds. The Morgan fingerprint density at radius 1 is 1.22 bits per heavy atom. The van der Waals surface area contributed by atoms with Crippen LogP contribution in [0.25, 0.3) is 10.9 Å². The van der Waals surface area contributed by atoms with E-state index in [9.17, 15) is 0 Å². The van der Waals surface area contributed by atoms with Gasteiger partial charge in [0.05, 0.1) is 0 Å². The minimum atomic E-state index is 0.463. The highest BCUT2D eigenvalue weighted by Gasteiger charge is 2.26. The van der Waals surface area contributed by atoms with Crippen molar-refractivity contribution in [2.75, 3.05) is 13.1 Å². The molecule has 4 heteroatoms. The van der Waals surface area contributed by atoms with E-state index in [4.69, 9.17) is 0 Å². The number of aryl methyl sites for hydroxylation is 2. The molecule has 0 spiro atoms. The van der Waals surface area contributed by atoms with Gasteiger partial charge in [0, 0.05) is 55.0 Å². The number of rotatable bonds is 3. The third-order valence-corrected chi connectivity index (χ3v) is 4.82. The predicted octanol–water partition coefficient (Wildman–Crippen LogP) is 3.27.